The molecule has 0 aliphatic heterocycles. The minimum atomic E-state index is -4.68. The van der Waals surface area contributed by atoms with Crippen molar-refractivity contribution in [2.75, 3.05) is 0 Å². The van der Waals surface area contributed by atoms with E-state index in [0.717, 1.165) is 0 Å². The second-order valence-electron chi connectivity index (χ2n) is 3.93. The summed E-state index contributed by atoms with van der Waals surface area (Å²) in [7, 11) is -4.68. The Morgan fingerprint density at radius 3 is 1.86 bits per heavy atom. The zero-order valence-electron chi connectivity index (χ0n) is 13.8. The van der Waals surface area contributed by atoms with E-state index in [4.69, 9.17) is 14.8 Å². The molecule has 7 nitrogen and oxygen atoms in total. The van der Waals surface area contributed by atoms with Crippen molar-refractivity contribution in [3.63, 3.8) is 0 Å². The third-order valence-electron chi connectivity index (χ3n) is 2.73. The van der Waals surface area contributed by atoms with Crippen LogP contribution in [0.15, 0.2) is 35.2 Å². The number of carboxylic acids is 2. The summed E-state index contributed by atoms with van der Waals surface area (Å²) in [5, 5.41) is 18.0. The summed E-state index contributed by atoms with van der Waals surface area (Å²) in [6.07, 6.45) is 0. The molecule has 0 bridgehead atoms. The van der Waals surface area contributed by atoms with Crippen molar-refractivity contribution in [2.45, 2.75) is 4.90 Å². The standard InChI is InChI=1S/C12H8O7S.2Na.2H/c13-11(14)8-5-9(20(17,18)19)6-3-1-2-4-7(6)10(8)12(15)16;;;;/h1-5H,(H,13,14)(H,15,16)(H,17,18,19);;;;/q;2*+1;2*-1. The Morgan fingerprint density at radius 1 is 0.955 bits per heavy atom. The molecule has 0 saturated heterocycles. The van der Waals surface area contributed by atoms with Crippen molar-refractivity contribution in [1.82, 2.24) is 0 Å². The maximum atomic E-state index is 11.3. The van der Waals surface area contributed by atoms with Gasteiger partial charge >= 0.3 is 71.1 Å². The summed E-state index contributed by atoms with van der Waals surface area (Å²) in [6, 6.07) is 6.09. The fraction of sp³-hybridized carbons (Fsp3) is 0. The van der Waals surface area contributed by atoms with E-state index in [9.17, 15) is 18.0 Å². The summed E-state index contributed by atoms with van der Waals surface area (Å²) in [6.45, 7) is 0. The number of fused-ring (bicyclic) bond motifs is 1. The largest absolute Gasteiger partial charge is 1.00 e. The minimum absolute atomic E-state index is 0. The van der Waals surface area contributed by atoms with Crippen LogP contribution in [0.1, 0.15) is 23.6 Å². The van der Waals surface area contributed by atoms with Crippen LogP contribution >= 0.6 is 0 Å². The van der Waals surface area contributed by atoms with E-state index in [2.05, 4.69) is 0 Å². The summed E-state index contributed by atoms with van der Waals surface area (Å²) >= 11 is 0. The van der Waals surface area contributed by atoms with Gasteiger partial charge in [0.05, 0.1) is 11.1 Å². The topological polar surface area (TPSA) is 129 Å². The zero-order valence-corrected chi connectivity index (χ0v) is 16.6. The molecular formula is C12H10Na2O7S. The molecule has 0 aliphatic carbocycles. The SMILES string of the molecule is O=C(O)c1cc(S(=O)(=O)O)c2ccccc2c1C(=O)O.[H-].[H-].[Na+].[Na+]. The van der Waals surface area contributed by atoms with Crippen molar-refractivity contribution in [3.8, 4) is 0 Å². The van der Waals surface area contributed by atoms with Crippen molar-refractivity contribution < 1.29 is 94.7 Å². The maximum absolute atomic E-state index is 11.3. The number of carboxylic acid groups (broad SMARTS) is 2. The van der Waals surface area contributed by atoms with Crippen LogP contribution in [-0.2, 0) is 10.1 Å². The molecule has 0 radical (unpaired) electrons. The van der Waals surface area contributed by atoms with Gasteiger partial charge in [-0.1, -0.05) is 24.3 Å². The van der Waals surface area contributed by atoms with Crippen LogP contribution in [0.25, 0.3) is 10.8 Å². The predicted molar refractivity (Wildman–Crippen MR) is 69.9 cm³/mol. The Kier molecular flexibility index (Phi) is 7.73. The van der Waals surface area contributed by atoms with Gasteiger partial charge < -0.3 is 13.1 Å². The monoisotopic (exact) mass is 344 g/mol. The Labute approximate surface area is 172 Å². The van der Waals surface area contributed by atoms with Gasteiger partial charge in [-0.15, -0.1) is 0 Å². The van der Waals surface area contributed by atoms with E-state index in [0.29, 0.717) is 6.07 Å². The molecule has 0 spiro atoms. The van der Waals surface area contributed by atoms with Gasteiger partial charge in [0.2, 0.25) is 0 Å². The van der Waals surface area contributed by atoms with Gasteiger partial charge in [0.25, 0.3) is 10.1 Å². The van der Waals surface area contributed by atoms with E-state index in [-0.39, 0.29) is 72.7 Å². The van der Waals surface area contributed by atoms with Crippen LogP contribution in [0.2, 0.25) is 0 Å². The van der Waals surface area contributed by atoms with E-state index >= 15 is 0 Å². The van der Waals surface area contributed by atoms with Gasteiger partial charge in [-0.25, -0.2) is 9.59 Å². The normalized spacial score (nSPS) is 10.4. The quantitative estimate of drug-likeness (QED) is 0.380. The van der Waals surface area contributed by atoms with Crippen molar-refractivity contribution >= 4 is 32.8 Å². The van der Waals surface area contributed by atoms with Crippen molar-refractivity contribution in [1.29, 1.82) is 0 Å². The van der Waals surface area contributed by atoms with Crippen LogP contribution in [0.4, 0.5) is 0 Å². The second kappa shape index (κ2) is 7.89. The van der Waals surface area contributed by atoms with Gasteiger partial charge in [-0.3, -0.25) is 4.55 Å². The molecule has 0 fully saturated rings. The summed E-state index contributed by atoms with van der Waals surface area (Å²) in [5.74, 6) is -3.10. The average Bonchev–Trinajstić information content (AvgIpc) is 2.34. The molecule has 0 unspecified atom stereocenters. The van der Waals surface area contributed by atoms with Crippen molar-refractivity contribution in [3.05, 3.63) is 41.5 Å². The summed E-state index contributed by atoms with van der Waals surface area (Å²) < 4.78 is 31.8. The molecule has 108 valence electrons. The smallest absolute Gasteiger partial charge is 1.00 e. The van der Waals surface area contributed by atoms with E-state index in [1.807, 2.05) is 0 Å². The molecule has 10 heteroatoms. The third kappa shape index (κ3) is 4.09. The molecule has 0 saturated carbocycles. The first-order valence-electron chi connectivity index (χ1n) is 5.23. The molecule has 0 aromatic heterocycles. The minimum Gasteiger partial charge on any atom is -1.00 e. The van der Waals surface area contributed by atoms with Gasteiger partial charge in [0.15, 0.2) is 0 Å². The second-order valence-corrected chi connectivity index (χ2v) is 5.32. The number of hydrogen-bond donors (Lipinski definition) is 3. The first-order chi connectivity index (χ1) is 9.23. The molecule has 0 aliphatic rings. The van der Waals surface area contributed by atoms with Crippen LogP contribution in [0.3, 0.4) is 0 Å². The summed E-state index contributed by atoms with van der Waals surface area (Å²) in [5.41, 5.74) is -1.23. The number of hydrogen-bond acceptors (Lipinski definition) is 4. The first kappa shape index (κ1) is 21.6. The summed E-state index contributed by atoms with van der Waals surface area (Å²) in [4.78, 5) is 21.7. The molecule has 2 aromatic carbocycles. The van der Waals surface area contributed by atoms with Crippen LogP contribution in [-0.4, -0.2) is 35.1 Å². The average molecular weight is 344 g/mol. The fourth-order valence-electron chi connectivity index (χ4n) is 1.95. The molecule has 22 heavy (non-hydrogen) atoms. The van der Waals surface area contributed by atoms with Crippen LogP contribution < -0.4 is 59.1 Å². The maximum Gasteiger partial charge on any atom is 1.00 e. The molecule has 2 aromatic rings. The molecular weight excluding hydrogens is 334 g/mol. The van der Waals surface area contributed by atoms with Crippen LogP contribution in [0.5, 0.6) is 0 Å². The number of rotatable bonds is 3. The van der Waals surface area contributed by atoms with E-state index in [1.165, 1.54) is 24.3 Å². The number of carbonyl (C=O) groups is 2. The van der Waals surface area contributed by atoms with Gasteiger partial charge in [0.1, 0.15) is 4.90 Å². The number of benzene rings is 2. The predicted octanol–water partition coefficient (Wildman–Crippen LogP) is -4.28. The molecule has 0 heterocycles. The fourth-order valence-corrected chi connectivity index (χ4v) is 2.68. The van der Waals surface area contributed by atoms with Gasteiger partial charge in [-0.2, -0.15) is 8.42 Å². The van der Waals surface area contributed by atoms with Crippen LogP contribution in [0, 0.1) is 0 Å². The van der Waals surface area contributed by atoms with Gasteiger partial charge in [0, 0.05) is 5.39 Å². The first-order valence-corrected chi connectivity index (χ1v) is 6.67. The Hall–Kier alpha value is -0.450. The molecule has 3 N–H and O–H groups in total. The Morgan fingerprint density at radius 2 is 1.45 bits per heavy atom. The Bertz CT molecular complexity index is 856. The third-order valence-corrected chi connectivity index (χ3v) is 3.62. The molecule has 0 amide bonds. The van der Waals surface area contributed by atoms with Crippen molar-refractivity contribution in [2.24, 2.45) is 0 Å². The number of aromatic carboxylic acids is 2. The molecule has 2 rings (SSSR count). The Balaban J connectivity index is -0.00000110. The molecule has 0 atom stereocenters. The van der Waals surface area contributed by atoms with E-state index < -0.39 is 38.1 Å². The zero-order chi connectivity index (χ0) is 15.1. The van der Waals surface area contributed by atoms with E-state index in [1.54, 1.807) is 0 Å². The van der Waals surface area contributed by atoms with Gasteiger partial charge in [-0.05, 0) is 11.5 Å².